The molecule has 0 spiro atoms. The summed E-state index contributed by atoms with van der Waals surface area (Å²) in [4.78, 5) is 22.1. The second-order valence-corrected chi connectivity index (χ2v) is 5.20. The monoisotopic (exact) mass is 287 g/mol. The summed E-state index contributed by atoms with van der Waals surface area (Å²) >= 11 is 7.10. The highest BCUT2D eigenvalue weighted by atomic mass is 35.5. The summed E-state index contributed by atoms with van der Waals surface area (Å²) in [7, 11) is 0. The van der Waals surface area contributed by atoms with Gasteiger partial charge in [-0.25, -0.2) is 0 Å². The number of rotatable bonds is 6. The summed E-state index contributed by atoms with van der Waals surface area (Å²) in [5.41, 5.74) is 1.40. The molecule has 0 fully saturated rings. The quantitative estimate of drug-likeness (QED) is 0.787. The molecule has 0 saturated carbocycles. The van der Waals surface area contributed by atoms with Gasteiger partial charge in [0.2, 0.25) is 0 Å². The minimum Gasteiger partial charge on any atom is -0.481 e. The van der Waals surface area contributed by atoms with Crippen LogP contribution < -0.4 is 5.32 Å². The molecule has 0 aromatic heterocycles. The van der Waals surface area contributed by atoms with E-state index in [9.17, 15) is 9.59 Å². The van der Waals surface area contributed by atoms with Crippen LogP contribution in [0.25, 0.3) is 0 Å². The van der Waals surface area contributed by atoms with Crippen molar-refractivity contribution < 1.29 is 14.7 Å². The first-order chi connectivity index (χ1) is 8.50. The standard InChI is InChI=1S/C12H14ClNO3S/c1-8-2-3-9(13)6-10(8)12(17)14-4-5-18-7-11(15)16/h2-3,6H,4-5,7H2,1H3,(H,14,17)(H,15,16). The predicted molar refractivity (Wildman–Crippen MR) is 73.5 cm³/mol. The van der Waals surface area contributed by atoms with Crippen LogP contribution in [0.15, 0.2) is 18.2 Å². The molecule has 6 heteroatoms. The summed E-state index contributed by atoms with van der Waals surface area (Å²) in [6.45, 7) is 2.27. The normalized spacial score (nSPS) is 10.1. The Labute approximate surface area is 115 Å². The van der Waals surface area contributed by atoms with Crippen LogP contribution >= 0.6 is 23.4 Å². The van der Waals surface area contributed by atoms with Crippen LogP contribution in [-0.2, 0) is 4.79 Å². The number of nitrogens with one attached hydrogen (secondary N) is 1. The van der Waals surface area contributed by atoms with Gasteiger partial charge >= 0.3 is 5.97 Å². The first kappa shape index (κ1) is 14.9. The summed E-state index contributed by atoms with van der Waals surface area (Å²) in [5.74, 6) is -0.424. The number of halogens is 1. The lowest BCUT2D eigenvalue weighted by atomic mass is 10.1. The summed E-state index contributed by atoms with van der Waals surface area (Å²) in [6.07, 6.45) is 0. The maximum atomic E-state index is 11.8. The van der Waals surface area contributed by atoms with E-state index in [0.717, 1.165) is 5.56 Å². The lowest BCUT2D eigenvalue weighted by Gasteiger charge is -2.07. The number of thioether (sulfide) groups is 1. The van der Waals surface area contributed by atoms with Crippen molar-refractivity contribution >= 4 is 35.2 Å². The van der Waals surface area contributed by atoms with Crippen molar-refractivity contribution in [1.29, 1.82) is 0 Å². The molecule has 0 radical (unpaired) electrons. The fourth-order valence-electron chi connectivity index (χ4n) is 1.33. The third-order valence-electron chi connectivity index (χ3n) is 2.20. The molecule has 2 N–H and O–H groups in total. The molecule has 0 heterocycles. The molecule has 0 saturated heterocycles. The van der Waals surface area contributed by atoms with Crippen LogP contribution in [0.1, 0.15) is 15.9 Å². The molecule has 1 rings (SSSR count). The summed E-state index contributed by atoms with van der Waals surface area (Å²) in [5, 5.41) is 11.7. The number of hydrogen-bond donors (Lipinski definition) is 2. The molecule has 98 valence electrons. The van der Waals surface area contributed by atoms with E-state index in [1.165, 1.54) is 11.8 Å². The van der Waals surface area contributed by atoms with Crippen LogP contribution in [0.4, 0.5) is 0 Å². The van der Waals surface area contributed by atoms with Gasteiger partial charge in [-0.3, -0.25) is 9.59 Å². The molecule has 0 aliphatic carbocycles. The van der Waals surface area contributed by atoms with Crippen LogP contribution in [-0.4, -0.2) is 35.0 Å². The number of amides is 1. The Morgan fingerprint density at radius 2 is 2.17 bits per heavy atom. The van der Waals surface area contributed by atoms with Crippen molar-refractivity contribution in [1.82, 2.24) is 5.32 Å². The Morgan fingerprint density at radius 1 is 1.44 bits per heavy atom. The van der Waals surface area contributed by atoms with Gasteiger partial charge in [-0.1, -0.05) is 17.7 Å². The van der Waals surface area contributed by atoms with Crippen LogP contribution in [0.3, 0.4) is 0 Å². The Bertz CT molecular complexity index is 451. The van der Waals surface area contributed by atoms with Gasteiger partial charge in [0.25, 0.3) is 5.91 Å². The average Bonchev–Trinajstić information content (AvgIpc) is 2.31. The first-order valence-electron chi connectivity index (χ1n) is 5.34. The van der Waals surface area contributed by atoms with Crippen molar-refractivity contribution in [2.75, 3.05) is 18.1 Å². The minimum absolute atomic E-state index is 0.0477. The van der Waals surface area contributed by atoms with E-state index < -0.39 is 5.97 Å². The van der Waals surface area contributed by atoms with E-state index >= 15 is 0 Å². The molecule has 1 aromatic rings. The second kappa shape index (κ2) is 7.28. The number of carboxylic acid groups (broad SMARTS) is 1. The van der Waals surface area contributed by atoms with Gasteiger partial charge in [0.1, 0.15) is 0 Å². The summed E-state index contributed by atoms with van der Waals surface area (Å²) in [6, 6.07) is 5.14. The second-order valence-electron chi connectivity index (χ2n) is 3.66. The van der Waals surface area contributed by atoms with Crippen LogP contribution in [0.5, 0.6) is 0 Å². The molecule has 0 aliphatic heterocycles. The number of carboxylic acids is 1. The number of aryl methyl sites for hydroxylation is 1. The fourth-order valence-corrected chi connectivity index (χ4v) is 2.07. The highest BCUT2D eigenvalue weighted by Gasteiger charge is 2.08. The number of carbonyl (C=O) groups excluding carboxylic acids is 1. The highest BCUT2D eigenvalue weighted by Crippen LogP contribution is 2.15. The van der Waals surface area contributed by atoms with Crippen molar-refractivity contribution in [2.24, 2.45) is 0 Å². The number of aliphatic carboxylic acids is 1. The Balaban J connectivity index is 2.41. The Morgan fingerprint density at radius 3 is 2.83 bits per heavy atom. The fraction of sp³-hybridized carbons (Fsp3) is 0.333. The summed E-state index contributed by atoms with van der Waals surface area (Å²) < 4.78 is 0. The maximum absolute atomic E-state index is 11.8. The zero-order valence-corrected chi connectivity index (χ0v) is 11.5. The van der Waals surface area contributed by atoms with Crippen molar-refractivity contribution in [3.63, 3.8) is 0 Å². The van der Waals surface area contributed by atoms with Gasteiger partial charge < -0.3 is 10.4 Å². The van der Waals surface area contributed by atoms with Crippen LogP contribution in [0.2, 0.25) is 5.02 Å². The van der Waals surface area contributed by atoms with E-state index in [2.05, 4.69) is 5.32 Å². The van der Waals surface area contributed by atoms with E-state index in [1.54, 1.807) is 18.2 Å². The van der Waals surface area contributed by atoms with Crippen molar-refractivity contribution in [2.45, 2.75) is 6.92 Å². The van der Waals surface area contributed by atoms with Crippen LogP contribution in [0, 0.1) is 6.92 Å². The SMILES string of the molecule is Cc1ccc(Cl)cc1C(=O)NCCSCC(=O)O. The molecule has 0 bridgehead atoms. The van der Waals surface area contributed by atoms with Crippen molar-refractivity contribution in [3.05, 3.63) is 34.3 Å². The Hall–Kier alpha value is -1.20. The molecule has 18 heavy (non-hydrogen) atoms. The molecule has 1 aromatic carbocycles. The lowest BCUT2D eigenvalue weighted by Crippen LogP contribution is -2.26. The Kier molecular flexibility index (Phi) is 6.01. The number of benzene rings is 1. The largest absolute Gasteiger partial charge is 0.481 e. The third kappa shape index (κ3) is 4.98. The van der Waals surface area contributed by atoms with Gasteiger partial charge in [-0.05, 0) is 24.6 Å². The van der Waals surface area contributed by atoms with Crippen molar-refractivity contribution in [3.8, 4) is 0 Å². The lowest BCUT2D eigenvalue weighted by molar-refractivity contribution is -0.133. The molecule has 1 amide bonds. The molecule has 0 aliphatic rings. The highest BCUT2D eigenvalue weighted by molar-refractivity contribution is 7.99. The molecule has 4 nitrogen and oxygen atoms in total. The van der Waals surface area contributed by atoms with Gasteiger partial charge in [0, 0.05) is 22.9 Å². The third-order valence-corrected chi connectivity index (χ3v) is 3.38. The topological polar surface area (TPSA) is 66.4 Å². The van der Waals surface area contributed by atoms with E-state index in [4.69, 9.17) is 16.7 Å². The molecule has 0 atom stereocenters. The average molecular weight is 288 g/mol. The molecular formula is C12H14ClNO3S. The van der Waals surface area contributed by atoms with Gasteiger partial charge in [-0.15, -0.1) is 11.8 Å². The first-order valence-corrected chi connectivity index (χ1v) is 6.88. The predicted octanol–water partition coefficient (Wildman–Crippen LogP) is 2.20. The zero-order chi connectivity index (χ0) is 13.5. The number of carbonyl (C=O) groups is 2. The van der Waals surface area contributed by atoms with E-state index in [0.29, 0.717) is 22.9 Å². The van der Waals surface area contributed by atoms with E-state index in [1.807, 2.05) is 6.92 Å². The number of hydrogen-bond acceptors (Lipinski definition) is 3. The van der Waals surface area contributed by atoms with Gasteiger partial charge in [0.05, 0.1) is 5.75 Å². The van der Waals surface area contributed by atoms with Gasteiger partial charge in [-0.2, -0.15) is 0 Å². The zero-order valence-electron chi connectivity index (χ0n) is 9.90. The molecular weight excluding hydrogens is 274 g/mol. The van der Waals surface area contributed by atoms with Gasteiger partial charge in [0.15, 0.2) is 0 Å². The maximum Gasteiger partial charge on any atom is 0.313 e. The molecule has 0 unspecified atom stereocenters. The van der Waals surface area contributed by atoms with E-state index in [-0.39, 0.29) is 11.7 Å². The smallest absolute Gasteiger partial charge is 0.313 e. The minimum atomic E-state index is -0.850.